The molecule has 1 aromatic carbocycles. The van der Waals surface area contributed by atoms with Gasteiger partial charge in [-0.25, -0.2) is 9.89 Å². The highest BCUT2D eigenvalue weighted by molar-refractivity contribution is 6.30. The van der Waals surface area contributed by atoms with E-state index in [0.29, 0.717) is 41.8 Å². The van der Waals surface area contributed by atoms with Crippen LogP contribution in [0, 0.1) is 0 Å². The van der Waals surface area contributed by atoms with E-state index < -0.39 is 5.97 Å². The third-order valence-electron chi connectivity index (χ3n) is 2.86. The number of ether oxygens (including phenoxy) is 2. The van der Waals surface area contributed by atoms with E-state index in [2.05, 4.69) is 10.2 Å². The van der Waals surface area contributed by atoms with Crippen molar-refractivity contribution in [1.82, 2.24) is 10.2 Å². The lowest BCUT2D eigenvalue weighted by Gasteiger charge is -2.06. The van der Waals surface area contributed by atoms with Crippen LogP contribution in [0.25, 0.3) is 0 Å². The van der Waals surface area contributed by atoms with Crippen LogP contribution in [0.1, 0.15) is 35.5 Å². The molecule has 0 saturated carbocycles. The average molecular weight is 309 g/mol. The molecule has 1 N–H and O–H groups in total. The fraction of sp³-hybridized carbons (Fsp3) is 0.333. The van der Waals surface area contributed by atoms with Crippen LogP contribution in [-0.4, -0.2) is 29.4 Å². The normalized spacial score (nSPS) is 10.4. The minimum atomic E-state index is -0.432. The van der Waals surface area contributed by atoms with Crippen molar-refractivity contribution in [3.8, 4) is 5.88 Å². The highest BCUT2D eigenvalue weighted by atomic mass is 35.5. The summed E-state index contributed by atoms with van der Waals surface area (Å²) in [5.41, 5.74) is 1.95. The Morgan fingerprint density at radius 1 is 1.24 bits per heavy atom. The van der Waals surface area contributed by atoms with Gasteiger partial charge in [-0.3, -0.25) is 0 Å². The summed E-state index contributed by atoms with van der Waals surface area (Å²) in [7, 11) is 0. The fourth-order valence-electron chi connectivity index (χ4n) is 1.95. The lowest BCUT2D eigenvalue weighted by atomic mass is 10.1. The quantitative estimate of drug-likeness (QED) is 0.832. The molecule has 1 aromatic heterocycles. The Bertz CT molecular complexity index is 608. The van der Waals surface area contributed by atoms with Gasteiger partial charge < -0.3 is 9.47 Å². The molecule has 0 amide bonds. The Labute approximate surface area is 128 Å². The van der Waals surface area contributed by atoms with Crippen molar-refractivity contribution in [3.63, 3.8) is 0 Å². The first kappa shape index (κ1) is 15.4. The summed E-state index contributed by atoms with van der Waals surface area (Å²) in [6.45, 7) is 4.34. The van der Waals surface area contributed by atoms with Gasteiger partial charge in [0, 0.05) is 11.4 Å². The van der Waals surface area contributed by atoms with Crippen molar-refractivity contribution in [2.75, 3.05) is 13.2 Å². The lowest BCUT2D eigenvalue weighted by Crippen LogP contribution is -2.09. The van der Waals surface area contributed by atoms with Gasteiger partial charge in [-0.2, -0.15) is 5.10 Å². The first-order valence-electron chi connectivity index (χ1n) is 6.77. The maximum absolute atomic E-state index is 12.1. The van der Waals surface area contributed by atoms with Crippen molar-refractivity contribution < 1.29 is 14.3 Å². The number of carbonyl (C=O) groups is 1. The number of aromatic amines is 1. The number of aromatic nitrogens is 2. The van der Waals surface area contributed by atoms with Crippen molar-refractivity contribution in [2.24, 2.45) is 0 Å². The number of nitrogens with one attached hydrogen (secondary N) is 1. The van der Waals surface area contributed by atoms with Gasteiger partial charge in [0.2, 0.25) is 5.88 Å². The number of nitrogens with zero attached hydrogens (tertiary/aromatic N) is 1. The number of hydrogen-bond donors (Lipinski definition) is 1. The minimum absolute atomic E-state index is 0.302. The van der Waals surface area contributed by atoms with E-state index in [9.17, 15) is 4.79 Å². The summed E-state index contributed by atoms with van der Waals surface area (Å²) in [4.78, 5) is 12.1. The predicted molar refractivity (Wildman–Crippen MR) is 80.0 cm³/mol. The second kappa shape index (κ2) is 7.13. The van der Waals surface area contributed by atoms with Gasteiger partial charge >= 0.3 is 5.97 Å². The van der Waals surface area contributed by atoms with Gasteiger partial charge in [0.1, 0.15) is 5.56 Å². The van der Waals surface area contributed by atoms with Crippen LogP contribution in [0.15, 0.2) is 24.3 Å². The van der Waals surface area contributed by atoms with Crippen LogP contribution in [0.3, 0.4) is 0 Å². The van der Waals surface area contributed by atoms with Crippen LogP contribution in [0.4, 0.5) is 0 Å². The van der Waals surface area contributed by atoms with Crippen molar-refractivity contribution in [2.45, 2.75) is 20.3 Å². The molecule has 21 heavy (non-hydrogen) atoms. The van der Waals surface area contributed by atoms with Crippen molar-refractivity contribution >= 4 is 17.6 Å². The maximum atomic E-state index is 12.1. The summed E-state index contributed by atoms with van der Waals surface area (Å²) >= 11 is 5.87. The minimum Gasteiger partial charge on any atom is -0.478 e. The van der Waals surface area contributed by atoms with E-state index in [0.717, 1.165) is 5.56 Å². The van der Waals surface area contributed by atoms with Gasteiger partial charge in [-0.15, -0.1) is 0 Å². The zero-order chi connectivity index (χ0) is 15.2. The molecule has 6 heteroatoms. The van der Waals surface area contributed by atoms with Crippen LogP contribution < -0.4 is 4.74 Å². The lowest BCUT2D eigenvalue weighted by molar-refractivity contribution is 0.0521. The average Bonchev–Trinajstić information content (AvgIpc) is 2.85. The van der Waals surface area contributed by atoms with Gasteiger partial charge in [-0.05, 0) is 31.5 Å². The van der Waals surface area contributed by atoms with Gasteiger partial charge in [0.25, 0.3) is 0 Å². The first-order valence-corrected chi connectivity index (χ1v) is 7.15. The summed E-state index contributed by atoms with van der Waals surface area (Å²) in [6.07, 6.45) is 0.495. The number of rotatable bonds is 6. The van der Waals surface area contributed by atoms with Crippen LogP contribution in [-0.2, 0) is 11.2 Å². The van der Waals surface area contributed by atoms with E-state index in [1.165, 1.54) is 0 Å². The maximum Gasteiger partial charge on any atom is 0.345 e. The second-order valence-corrected chi connectivity index (χ2v) is 4.77. The molecule has 112 valence electrons. The predicted octanol–water partition coefficient (Wildman–Crippen LogP) is 3.23. The second-order valence-electron chi connectivity index (χ2n) is 4.33. The van der Waals surface area contributed by atoms with Crippen molar-refractivity contribution in [1.29, 1.82) is 0 Å². The molecule has 0 fully saturated rings. The van der Waals surface area contributed by atoms with Crippen LogP contribution in [0.5, 0.6) is 5.88 Å². The third-order valence-corrected chi connectivity index (χ3v) is 3.11. The number of carbonyl (C=O) groups excluding carboxylic acids is 1. The fourth-order valence-corrected chi connectivity index (χ4v) is 2.07. The zero-order valence-corrected chi connectivity index (χ0v) is 12.7. The highest BCUT2D eigenvalue weighted by Gasteiger charge is 2.23. The van der Waals surface area contributed by atoms with Gasteiger partial charge in [-0.1, -0.05) is 23.7 Å². The molecule has 0 aliphatic carbocycles. The molecule has 2 rings (SSSR count). The smallest absolute Gasteiger partial charge is 0.345 e. The third kappa shape index (κ3) is 3.76. The zero-order valence-electron chi connectivity index (χ0n) is 12.0. The van der Waals surface area contributed by atoms with E-state index in [1.807, 2.05) is 19.1 Å². The molecule has 0 aliphatic heterocycles. The molecule has 0 saturated heterocycles. The molecule has 2 aromatic rings. The van der Waals surface area contributed by atoms with E-state index in [4.69, 9.17) is 21.1 Å². The number of halogens is 1. The molecule has 0 atom stereocenters. The molecular formula is C15H17ClN2O3. The topological polar surface area (TPSA) is 64.2 Å². The Kier molecular flexibility index (Phi) is 5.22. The standard InChI is InChI=1S/C15H17ClN2O3/c1-3-20-14-13(15(19)21-4-2)12(17-18-14)9-10-5-7-11(16)8-6-10/h5-8H,3-4,9H2,1-2H3,(H,17,18). The largest absolute Gasteiger partial charge is 0.478 e. The van der Waals surface area contributed by atoms with Crippen LogP contribution in [0.2, 0.25) is 5.02 Å². The Balaban J connectivity index is 2.29. The van der Waals surface area contributed by atoms with Crippen LogP contribution >= 0.6 is 11.6 Å². The monoisotopic (exact) mass is 308 g/mol. The Hall–Kier alpha value is -2.01. The summed E-state index contributed by atoms with van der Waals surface area (Å²) < 4.78 is 10.5. The SMILES string of the molecule is CCOC(=O)c1c(Cc2ccc(Cl)cc2)n[nH]c1OCC. The molecule has 0 radical (unpaired) electrons. The molecule has 0 aliphatic rings. The molecule has 5 nitrogen and oxygen atoms in total. The first-order chi connectivity index (χ1) is 10.2. The van der Waals surface area contributed by atoms with Gasteiger partial charge in [0.15, 0.2) is 0 Å². The van der Waals surface area contributed by atoms with E-state index in [1.54, 1.807) is 19.1 Å². The Morgan fingerprint density at radius 2 is 1.95 bits per heavy atom. The van der Waals surface area contributed by atoms with Gasteiger partial charge in [0.05, 0.1) is 18.9 Å². The number of benzene rings is 1. The summed E-state index contributed by atoms with van der Waals surface area (Å²) in [5.74, 6) is -0.0847. The highest BCUT2D eigenvalue weighted by Crippen LogP contribution is 2.23. The van der Waals surface area contributed by atoms with Crippen molar-refractivity contribution in [3.05, 3.63) is 46.1 Å². The Morgan fingerprint density at radius 3 is 2.57 bits per heavy atom. The number of esters is 1. The molecule has 0 unspecified atom stereocenters. The summed E-state index contributed by atoms with van der Waals surface area (Å²) in [5, 5.41) is 7.59. The van der Waals surface area contributed by atoms with E-state index in [-0.39, 0.29) is 0 Å². The van der Waals surface area contributed by atoms with E-state index >= 15 is 0 Å². The summed E-state index contributed by atoms with van der Waals surface area (Å²) in [6, 6.07) is 7.40. The molecule has 0 bridgehead atoms. The molecule has 0 spiro atoms. The number of H-pyrrole nitrogens is 1. The number of hydrogen-bond acceptors (Lipinski definition) is 4. The molecule has 1 heterocycles. The molecular weight excluding hydrogens is 292 g/mol.